The van der Waals surface area contributed by atoms with E-state index in [2.05, 4.69) is 42.4 Å². The Labute approximate surface area is 165 Å². The normalized spacial score (nSPS) is 11.4. The summed E-state index contributed by atoms with van der Waals surface area (Å²) < 4.78 is 5.96. The van der Waals surface area contributed by atoms with Crippen molar-refractivity contribution in [3.05, 3.63) is 71.6 Å². The second-order valence-electron chi connectivity index (χ2n) is 7.32. The molecule has 2 heterocycles. The fourth-order valence-electron chi connectivity index (χ4n) is 3.89. The van der Waals surface area contributed by atoms with Gasteiger partial charge in [-0.3, -0.25) is 4.79 Å². The monoisotopic (exact) mass is 374 g/mol. The molecule has 0 saturated carbocycles. The number of fused-ring (bicyclic) bond motifs is 2. The first-order valence-corrected chi connectivity index (χ1v) is 9.95. The minimum absolute atomic E-state index is 0.173. The van der Waals surface area contributed by atoms with Gasteiger partial charge in [-0.15, -0.1) is 0 Å². The summed E-state index contributed by atoms with van der Waals surface area (Å²) in [6.07, 6.45) is 5.18. The first-order valence-electron chi connectivity index (χ1n) is 9.95. The van der Waals surface area contributed by atoms with Crippen molar-refractivity contribution in [2.75, 3.05) is 7.05 Å². The van der Waals surface area contributed by atoms with Crippen molar-refractivity contribution >= 4 is 27.8 Å². The third-order valence-corrected chi connectivity index (χ3v) is 5.44. The molecule has 0 aliphatic rings. The molecular formula is C24H26N2O2. The van der Waals surface area contributed by atoms with Crippen molar-refractivity contribution in [1.82, 2.24) is 9.88 Å². The summed E-state index contributed by atoms with van der Waals surface area (Å²) >= 11 is 0. The SMILES string of the molecule is CCc1oc2ccccc2c1CN(C)C(=O)CCCc1c[nH]c2ccccc12. The van der Waals surface area contributed by atoms with Crippen LogP contribution in [0.2, 0.25) is 0 Å². The average molecular weight is 374 g/mol. The van der Waals surface area contributed by atoms with E-state index in [-0.39, 0.29) is 5.91 Å². The quantitative estimate of drug-likeness (QED) is 0.467. The van der Waals surface area contributed by atoms with E-state index in [1.807, 2.05) is 36.2 Å². The summed E-state index contributed by atoms with van der Waals surface area (Å²) in [5.41, 5.74) is 4.46. The lowest BCUT2D eigenvalue weighted by Crippen LogP contribution is -2.26. The molecule has 0 bridgehead atoms. The molecule has 2 aromatic carbocycles. The van der Waals surface area contributed by atoms with Gasteiger partial charge < -0.3 is 14.3 Å². The highest BCUT2D eigenvalue weighted by Crippen LogP contribution is 2.27. The van der Waals surface area contributed by atoms with E-state index in [1.165, 1.54) is 10.9 Å². The molecule has 0 radical (unpaired) electrons. The first kappa shape index (κ1) is 18.4. The summed E-state index contributed by atoms with van der Waals surface area (Å²) in [7, 11) is 1.88. The Kier molecular flexibility index (Phi) is 5.20. The Morgan fingerprint density at radius 3 is 2.64 bits per heavy atom. The highest BCUT2D eigenvalue weighted by atomic mass is 16.3. The number of carbonyl (C=O) groups excluding carboxylic acids is 1. The maximum Gasteiger partial charge on any atom is 0.222 e. The summed E-state index contributed by atoms with van der Waals surface area (Å²) in [5.74, 6) is 1.15. The lowest BCUT2D eigenvalue weighted by atomic mass is 10.1. The van der Waals surface area contributed by atoms with Crippen LogP contribution in [0.5, 0.6) is 0 Å². The van der Waals surface area contributed by atoms with Crippen molar-refractivity contribution < 1.29 is 9.21 Å². The largest absolute Gasteiger partial charge is 0.461 e. The van der Waals surface area contributed by atoms with E-state index in [0.717, 1.165) is 47.1 Å². The van der Waals surface area contributed by atoms with E-state index in [9.17, 15) is 4.79 Å². The second-order valence-corrected chi connectivity index (χ2v) is 7.32. The average Bonchev–Trinajstić information content (AvgIpc) is 3.29. The zero-order chi connectivity index (χ0) is 19.5. The van der Waals surface area contributed by atoms with Gasteiger partial charge in [0.1, 0.15) is 11.3 Å². The zero-order valence-corrected chi connectivity index (χ0v) is 16.5. The topological polar surface area (TPSA) is 49.2 Å². The number of aromatic nitrogens is 1. The molecule has 1 amide bonds. The molecule has 0 saturated heterocycles. The van der Waals surface area contributed by atoms with Crippen LogP contribution in [0.25, 0.3) is 21.9 Å². The number of H-pyrrole nitrogens is 1. The third kappa shape index (κ3) is 3.55. The summed E-state index contributed by atoms with van der Waals surface area (Å²) in [6, 6.07) is 16.4. The number of amides is 1. The maximum atomic E-state index is 12.7. The zero-order valence-electron chi connectivity index (χ0n) is 16.5. The second kappa shape index (κ2) is 7.93. The van der Waals surface area contributed by atoms with E-state index in [0.29, 0.717) is 13.0 Å². The van der Waals surface area contributed by atoms with Gasteiger partial charge in [-0.05, 0) is 30.5 Å². The van der Waals surface area contributed by atoms with Crippen molar-refractivity contribution in [3.63, 3.8) is 0 Å². The summed E-state index contributed by atoms with van der Waals surface area (Å²) in [6.45, 7) is 2.68. The van der Waals surface area contributed by atoms with Crippen LogP contribution in [0.1, 0.15) is 36.7 Å². The van der Waals surface area contributed by atoms with Gasteiger partial charge in [-0.1, -0.05) is 43.3 Å². The van der Waals surface area contributed by atoms with Gasteiger partial charge in [-0.25, -0.2) is 0 Å². The number of carbonyl (C=O) groups is 1. The molecule has 2 aromatic heterocycles. The van der Waals surface area contributed by atoms with Crippen LogP contribution in [0, 0.1) is 0 Å². The number of aryl methyl sites for hydroxylation is 2. The molecule has 0 fully saturated rings. The fraction of sp³-hybridized carbons (Fsp3) is 0.292. The minimum atomic E-state index is 0.173. The predicted octanol–water partition coefficient (Wildman–Crippen LogP) is 5.46. The van der Waals surface area contributed by atoms with Crippen molar-refractivity contribution in [2.45, 2.75) is 39.2 Å². The number of rotatable bonds is 7. The molecule has 0 aliphatic carbocycles. The molecule has 4 nitrogen and oxygen atoms in total. The highest BCUT2D eigenvalue weighted by molar-refractivity contribution is 5.84. The number of benzene rings is 2. The highest BCUT2D eigenvalue weighted by Gasteiger charge is 2.17. The number of para-hydroxylation sites is 2. The molecular weight excluding hydrogens is 348 g/mol. The van der Waals surface area contributed by atoms with E-state index in [1.54, 1.807) is 0 Å². The maximum absolute atomic E-state index is 12.7. The molecule has 28 heavy (non-hydrogen) atoms. The fourth-order valence-corrected chi connectivity index (χ4v) is 3.89. The molecule has 0 unspecified atom stereocenters. The number of hydrogen-bond acceptors (Lipinski definition) is 2. The van der Waals surface area contributed by atoms with E-state index in [4.69, 9.17) is 4.42 Å². The van der Waals surface area contributed by atoms with E-state index < -0.39 is 0 Å². The van der Waals surface area contributed by atoms with Gasteiger partial charge in [0, 0.05) is 54.5 Å². The number of nitrogens with one attached hydrogen (secondary N) is 1. The lowest BCUT2D eigenvalue weighted by molar-refractivity contribution is -0.130. The molecule has 144 valence electrons. The van der Waals surface area contributed by atoms with Crippen LogP contribution in [0.15, 0.2) is 59.1 Å². The predicted molar refractivity (Wildman–Crippen MR) is 113 cm³/mol. The Hall–Kier alpha value is -3.01. The van der Waals surface area contributed by atoms with E-state index >= 15 is 0 Å². The van der Waals surface area contributed by atoms with Crippen LogP contribution in [0.4, 0.5) is 0 Å². The Morgan fingerprint density at radius 2 is 1.82 bits per heavy atom. The van der Waals surface area contributed by atoms with Crippen molar-refractivity contribution in [1.29, 1.82) is 0 Å². The van der Waals surface area contributed by atoms with Crippen molar-refractivity contribution in [2.24, 2.45) is 0 Å². The van der Waals surface area contributed by atoms with Gasteiger partial charge in [0.15, 0.2) is 0 Å². The molecule has 0 aliphatic heterocycles. The Balaban J connectivity index is 1.39. The van der Waals surface area contributed by atoms with Gasteiger partial charge in [0.25, 0.3) is 0 Å². The molecule has 4 heteroatoms. The van der Waals surface area contributed by atoms with Gasteiger partial charge in [-0.2, -0.15) is 0 Å². The van der Waals surface area contributed by atoms with Crippen LogP contribution < -0.4 is 0 Å². The molecule has 1 N–H and O–H groups in total. The van der Waals surface area contributed by atoms with Crippen LogP contribution >= 0.6 is 0 Å². The molecule has 0 atom stereocenters. The van der Waals surface area contributed by atoms with Gasteiger partial charge in [0.2, 0.25) is 5.91 Å². The lowest BCUT2D eigenvalue weighted by Gasteiger charge is -2.17. The standard InChI is InChI=1S/C24H26N2O2/c1-3-22-20(19-11-5-7-13-23(19)28-22)16-26(2)24(27)14-8-9-17-15-25-21-12-6-4-10-18(17)21/h4-7,10-13,15,25H,3,8-9,14,16H2,1-2H3. The number of aromatic amines is 1. The first-order chi connectivity index (χ1) is 13.7. The van der Waals surface area contributed by atoms with Crippen LogP contribution in [-0.4, -0.2) is 22.8 Å². The van der Waals surface area contributed by atoms with Gasteiger partial charge in [0.05, 0.1) is 0 Å². The third-order valence-electron chi connectivity index (χ3n) is 5.44. The Morgan fingerprint density at radius 1 is 1.07 bits per heavy atom. The Bertz CT molecular complexity index is 1110. The number of hydrogen-bond donors (Lipinski definition) is 1. The van der Waals surface area contributed by atoms with Gasteiger partial charge >= 0.3 is 0 Å². The van der Waals surface area contributed by atoms with Crippen LogP contribution in [-0.2, 0) is 24.2 Å². The molecule has 0 spiro atoms. The number of furan rings is 1. The number of nitrogens with zero attached hydrogens (tertiary/aromatic N) is 1. The summed E-state index contributed by atoms with van der Waals surface area (Å²) in [5, 5.41) is 2.36. The van der Waals surface area contributed by atoms with Crippen LogP contribution in [0.3, 0.4) is 0 Å². The molecule has 4 rings (SSSR count). The molecule has 4 aromatic rings. The summed E-state index contributed by atoms with van der Waals surface area (Å²) in [4.78, 5) is 17.8. The smallest absolute Gasteiger partial charge is 0.222 e. The minimum Gasteiger partial charge on any atom is -0.461 e. The van der Waals surface area contributed by atoms with Crippen molar-refractivity contribution in [3.8, 4) is 0 Å².